The Hall–Kier alpha value is -2.03. The normalized spacial score (nSPS) is 11.1. The number of amides is 1. The molecule has 0 aliphatic carbocycles. The van der Waals surface area contributed by atoms with Gasteiger partial charge in [-0.3, -0.25) is 10.1 Å². The highest BCUT2D eigenvalue weighted by atomic mass is 79.9. The van der Waals surface area contributed by atoms with Gasteiger partial charge in [0.15, 0.2) is 0 Å². The molecule has 0 aromatic heterocycles. The number of guanidine groups is 1. The first-order chi connectivity index (χ1) is 8.92. The molecule has 1 rings (SSSR count). The lowest BCUT2D eigenvalue weighted by Crippen LogP contribution is -2.39. The lowest BCUT2D eigenvalue weighted by atomic mass is 10.1. The van der Waals surface area contributed by atoms with Gasteiger partial charge in [-0.05, 0) is 39.7 Å². The third-order valence-electron chi connectivity index (χ3n) is 2.37. The number of carbonyl (C=O) groups is 1. The molecular formula is C10H12BrFN6O. The van der Waals surface area contributed by atoms with E-state index in [0.717, 1.165) is 6.07 Å². The SMILES string of the molecule is CN/C(=N\N=N)NC(=O)c1c(F)cc(Br)c(N)c1C. The van der Waals surface area contributed by atoms with E-state index in [2.05, 4.69) is 36.9 Å². The summed E-state index contributed by atoms with van der Waals surface area (Å²) in [6, 6.07) is 1.11. The molecular weight excluding hydrogens is 319 g/mol. The maximum absolute atomic E-state index is 13.8. The van der Waals surface area contributed by atoms with Crippen LogP contribution in [0.4, 0.5) is 10.1 Å². The van der Waals surface area contributed by atoms with Crippen LogP contribution in [0.3, 0.4) is 0 Å². The van der Waals surface area contributed by atoms with Crippen LogP contribution in [0.25, 0.3) is 0 Å². The van der Waals surface area contributed by atoms with Gasteiger partial charge in [-0.25, -0.2) is 4.39 Å². The van der Waals surface area contributed by atoms with Gasteiger partial charge in [-0.2, -0.15) is 5.53 Å². The zero-order chi connectivity index (χ0) is 14.6. The van der Waals surface area contributed by atoms with Crippen molar-refractivity contribution in [3.8, 4) is 0 Å². The smallest absolute Gasteiger partial charge is 0.261 e. The minimum atomic E-state index is -0.731. The molecule has 102 valence electrons. The van der Waals surface area contributed by atoms with E-state index in [0.29, 0.717) is 10.0 Å². The number of nitrogens with one attached hydrogen (secondary N) is 3. The third kappa shape index (κ3) is 3.25. The summed E-state index contributed by atoms with van der Waals surface area (Å²) in [5.41, 5.74) is 12.7. The zero-order valence-electron chi connectivity index (χ0n) is 10.2. The first kappa shape index (κ1) is 15.0. The molecule has 0 aliphatic heterocycles. The summed E-state index contributed by atoms with van der Waals surface area (Å²) in [5, 5.41) is 10.9. The molecule has 0 heterocycles. The second-order valence-electron chi connectivity index (χ2n) is 3.51. The van der Waals surface area contributed by atoms with Gasteiger partial charge in [-0.15, -0.1) is 0 Å². The molecule has 5 N–H and O–H groups in total. The van der Waals surface area contributed by atoms with E-state index in [4.69, 9.17) is 11.3 Å². The van der Waals surface area contributed by atoms with Gasteiger partial charge < -0.3 is 11.1 Å². The summed E-state index contributed by atoms with van der Waals surface area (Å²) in [5.74, 6) is -1.51. The topological polar surface area (TPSA) is 116 Å². The van der Waals surface area contributed by atoms with Crippen LogP contribution in [0.1, 0.15) is 15.9 Å². The Kier molecular flexibility index (Phi) is 4.93. The van der Waals surface area contributed by atoms with Crippen LogP contribution in [0, 0.1) is 18.3 Å². The number of carbonyl (C=O) groups excluding carboxylic acids is 1. The largest absolute Gasteiger partial charge is 0.398 e. The van der Waals surface area contributed by atoms with Crippen molar-refractivity contribution in [2.24, 2.45) is 10.3 Å². The van der Waals surface area contributed by atoms with Gasteiger partial charge in [0.05, 0.1) is 5.56 Å². The number of nitrogens with zero attached hydrogens (tertiary/aromatic N) is 2. The molecule has 1 amide bonds. The Morgan fingerprint density at radius 1 is 1.58 bits per heavy atom. The average Bonchev–Trinajstić information content (AvgIpc) is 2.35. The molecule has 0 atom stereocenters. The molecule has 19 heavy (non-hydrogen) atoms. The molecule has 1 aromatic carbocycles. The van der Waals surface area contributed by atoms with Crippen molar-refractivity contribution >= 4 is 33.5 Å². The lowest BCUT2D eigenvalue weighted by molar-refractivity contribution is 0.0971. The van der Waals surface area contributed by atoms with Crippen molar-refractivity contribution in [3.05, 3.63) is 27.5 Å². The van der Waals surface area contributed by atoms with Crippen molar-refractivity contribution in [2.75, 3.05) is 12.8 Å². The number of rotatable bonds is 2. The quantitative estimate of drug-likeness (QED) is 0.217. The molecule has 1 aromatic rings. The summed E-state index contributed by atoms with van der Waals surface area (Å²) >= 11 is 3.10. The van der Waals surface area contributed by atoms with Crippen LogP contribution in [-0.2, 0) is 0 Å². The monoisotopic (exact) mass is 330 g/mol. The highest BCUT2D eigenvalue weighted by molar-refractivity contribution is 9.10. The van der Waals surface area contributed by atoms with Crippen molar-refractivity contribution < 1.29 is 9.18 Å². The Bertz CT molecular complexity index is 559. The van der Waals surface area contributed by atoms with Crippen LogP contribution in [0.15, 0.2) is 20.9 Å². The minimum Gasteiger partial charge on any atom is -0.398 e. The summed E-state index contributed by atoms with van der Waals surface area (Å²) in [6.07, 6.45) is 0. The van der Waals surface area contributed by atoms with Crippen LogP contribution in [0.5, 0.6) is 0 Å². The highest BCUT2D eigenvalue weighted by Gasteiger charge is 2.19. The molecule has 0 spiro atoms. The van der Waals surface area contributed by atoms with Crippen molar-refractivity contribution in [1.29, 1.82) is 5.53 Å². The van der Waals surface area contributed by atoms with E-state index in [1.807, 2.05) is 0 Å². The van der Waals surface area contributed by atoms with Gasteiger partial charge >= 0.3 is 0 Å². The summed E-state index contributed by atoms with van der Waals surface area (Å²) in [4.78, 5) is 11.9. The van der Waals surface area contributed by atoms with E-state index in [1.54, 1.807) is 0 Å². The van der Waals surface area contributed by atoms with Gasteiger partial charge in [0.25, 0.3) is 5.91 Å². The van der Waals surface area contributed by atoms with E-state index < -0.39 is 11.7 Å². The molecule has 9 heteroatoms. The van der Waals surface area contributed by atoms with Gasteiger partial charge in [-0.1, -0.05) is 5.10 Å². The molecule has 0 saturated heterocycles. The third-order valence-corrected chi connectivity index (χ3v) is 3.03. The van der Waals surface area contributed by atoms with Crippen LogP contribution < -0.4 is 16.4 Å². The second kappa shape index (κ2) is 6.23. The van der Waals surface area contributed by atoms with E-state index in [1.165, 1.54) is 14.0 Å². The Morgan fingerprint density at radius 3 is 2.74 bits per heavy atom. The van der Waals surface area contributed by atoms with Crippen LogP contribution >= 0.6 is 15.9 Å². The number of anilines is 1. The average molecular weight is 331 g/mol. The minimum absolute atomic E-state index is 0.0692. The van der Waals surface area contributed by atoms with Gasteiger partial charge in [0, 0.05) is 17.2 Å². The lowest BCUT2D eigenvalue weighted by Gasteiger charge is -2.12. The van der Waals surface area contributed by atoms with E-state index >= 15 is 0 Å². The maximum atomic E-state index is 13.8. The first-order valence-corrected chi connectivity index (χ1v) is 5.89. The van der Waals surface area contributed by atoms with Crippen molar-refractivity contribution in [2.45, 2.75) is 6.92 Å². The molecule has 0 aliphatic rings. The van der Waals surface area contributed by atoms with Crippen molar-refractivity contribution in [3.63, 3.8) is 0 Å². The first-order valence-electron chi connectivity index (χ1n) is 5.10. The molecule has 0 saturated carbocycles. The summed E-state index contributed by atoms with van der Waals surface area (Å²) in [7, 11) is 1.48. The van der Waals surface area contributed by atoms with E-state index in [9.17, 15) is 9.18 Å². The van der Waals surface area contributed by atoms with Crippen LogP contribution in [-0.4, -0.2) is 18.9 Å². The summed E-state index contributed by atoms with van der Waals surface area (Å²) < 4.78 is 14.2. The fourth-order valence-corrected chi connectivity index (χ4v) is 1.89. The number of nitrogens with two attached hydrogens (primary N) is 1. The standard InChI is InChI=1S/C10H12BrFN6O/c1-4-7(6(12)3-5(11)8(4)13)9(19)16-10(15-2)17-18-14/h3H,13H2,1-2H3,(H3,14,15,16,17,19). The summed E-state index contributed by atoms with van der Waals surface area (Å²) in [6.45, 7) is 1.53. The molecule has 0 bridgehead atoms. The fraction of sp³-hybridized carbons (Fsp3) is 0.200. The number of hydrogen-bond acceptors (Lipinski definition) is 4. The van der Waals surface area contributed by atoms with Gasteiger partial charge in [0.1, 0.15) is 5.82 Å². The molecule has 0 unspecified atom stereocenters. The second-order valence-corrected chi connectivity index (χ2v) is 4.36. The number of nitrogen functional groups attached to an aromatic ring is 1. The predicted octanol–water partition coefficient (Wildman–Crippen LogP) is 1.73. The predicted molar refractivity (Wildman–Crippen MR) is 72.4 cm³/mol. The van der Waals surface area contributed by atoms with Gasteiger partial charge in [0.2, 0.25) is 5.96 Å². The highest BCUT2D eigenvalue weighted by Crippen LogP contribution is 2.28. The maximum Gasteiger partial charge on any atom is 0.261 e. The molecule has 0 fully saturated rings. The number of benzene rings is 1. The Morgan fingerprint density at radius 2 is 2.21 bits per heavy atom. The fourth-order valence-electron chi connectivity index (χ4n) is 1.39. The Labute approximate surface area is 117 Å². The number of halogens is 2. The molecule has 7 nitrogen and oxygen atoms in total. The number of hydrogen-bond donors (Lipinski definition) is 4. The molecule has 0 radical (unpaired) electrons. The zero-order valence-corrected chi connectivity index (χ0v) is 11.8. The van der Waals surface area contributed by atoms with E-state index in [-0.39, 0.29) is 17.2 Å². The Balaban J connectivity index is 3.17. The van der Waals surface area contributed by atoms with Crippen molar-refractivity contribution in [1.82, 2.24) is 10.6 Å². The van der Waals surface area contributed by atoms with Crippen LogP contribution in [0.2, 0.25) is 0 Å².